The van der Waals surface area contributed by atoms with Gasteiger partial charge in [0, 0.05) is 32.2 Å². The third-order valence-electron chi connectivity index (χ3n) is 5.19. The van der Waals surface area contributed by atoms with Gasteiger partial charge in [-0.1, -0.05) is 18.2 Å². The standard InChI is InChI=1S/C22H29N5O3/c1-15(2)23-19(28)14-25-10-12-26(13-11-25)22(30)21(29)20-16(3)24-27(17(20)4)18-8-6-5-7-9-18/h5-9,15H,10-14H2,1-4H3,(H,23,28). The molecule has 0 radical (unpaired) electrons. The van der Waals surface area contributed by atoms with E-state index in [0.717, 1.165) is 5.69 Å². The molecule has 1 aromatic carbocycles. The van der Waals surface area contributed by atoms with Crippen LogP contribution < -0.4 is 5.32 Å². The molecule has 0 saturated carbocycles. The number of aromatic nitrogens is 2. The Morgan fingerprint density at radius 3 is 2.27 bits per heavy atom. The van der Waals surface area contributed by atoms with Crippen molar-refractivity contribution in [2.75, 3.05) is 32.7 Å². The van der Waals surface area contributed by atoms with Crippen molar-refractivity contribution in [3.63, 3.8) is 0 Å². The fourth-order valence-corrected chi connectivity index (χ4v) is 3.72. The van der Waals surface area contributed by atoms with Crippen LogP contribution in [0.2, 0.25) is 0 Å². The van der Waals surface area contributed by atoms with Crippen molar-refractivity contribution in [2.24, 2.45) is 0 Å². The highest BCUT2D eigenvalue weighted by Gasteiger charge is 2.31. The van der Waals surface area contributed by atoms with E-state index in [1.54, 1.807) is 23.4 Å². The number of nitrogens with one attached hydrogen (secondary N) is 1. The van der Waals surface area contributed by atoms with Crippen LogP contribution in [0.5, 0.6) is 0 Å². The van der Waals surface area contributed by atoms with Gasteiger partial charge in [0.2, 0.25) is 5.91 Å². The maximum atomic E-state index is 13.0. The van der Waals surface area contributed by atoms with Crippen LogP contribution in [0.15, 0.2) is 30.3 Å². The molecule has 0 unspecified atom stereocenters. The molecule has 3 rings (SSSR count). The molecule has 2 aromatic rings. The molecular weight excluding hydrogens is 382 g/mol. The normalized spacial score (nSPS) is 14.8. The molecular formula is C22H29N5O3. The van der Waals surface area contributed by atoms with Crippen molar-refractivity contribution in [3.05, 3.63) is 47.3 Å². The molecule has 8 heteroatoms. The molecule has 1 aliphatic rings. The number of carbonyl (C=O) groups excluding carboxylic acids is 3. The second-order valence-corrected chi connectivity index (χ2v) is 7.91. The van der Waals surface area contributed by atoms with Crippen LogP contribution in [0, 0.1) is 13.8 Å². The van der Waals surface area contributed by atoms with Crippen LogP contribution in [-0.2, 0) is 9.59 Å². The number of carbonyl (C=O) groups is 3. The highest BCUT2D eigenvalue weighted by Crippen LogP contribution is 2.19. The van der Waals surface area contributed by atoms with Gasteiger partial charge in [0.15, 0.2) is 0 Å². The molecule has 1 saturated heterocycles. The van der Waals surface area contributed by atoms with Gasteiger partial charge in [-0.15, -0.1) is 0 Å². The maximum absolute atomic E-state index is 13.0. The van der Waals surface area contributed by atoms with Gasteiger partial charge in [-0.25, -0.2) is 4.68 Å². The van der Waals surface area contributed by atoms with Crippen molar-refractivity contribution in [3.8, 4) is 5.69 Å². The SMILES string of the molecule is Cc1nn(-c2ccccc2)c(C)c1C(=O)C(=O)N1CCN(CC(=O)NC(C)C)CC1. The van der Waals surface area contributed by atoms with Gasteiger partial charge < -0.3 is 10.2 Å². The predicted molar refractivity (Wildman–Crippen MR) is 114 cm³/mol. The number of rotatable bonds is 6. The second-order valence-electron chi connectivity index (χ2n) is 7.91. The molecule has 0 aliphatic carbocycles. The summed E-state index contributed by atoms with van der Waals surface area (Å²) in [6.07, 6.45) is 0. The number of nitrogens with zero attached hydrogens (tertiary/aromatic N) is 4. The van der Waals surface area contributed by atoms with Crippen molar-refractivity contribution in [2.45, 2.75) is 33.7 Å². The molecule has 0 atom stereocenters. The summed E-state index contributed by atoms with van der Waals surface area (Å²) in [5.74, 6) is -1.07. The minimum atomic E-state index is -0.529. The van der Waals surface area contributed by atoms with Gasteiger partial charge >= 0.3 is 0 Å². The fraction of sp³-hybridized carbons (Fsp3) is 0.455. The minimum Gasteiger partial charge on any atom is -0.353 e. The van der Waals surface area contributed by atoms with Crippen LogP contribution in [-0.4, -0.2) is 75.9 Å². The lowest BCUT2D eigenvalue weighted by Crippen LogP contribution is -2.53. The number of ketones is 1. The summed E-state index contributed by atoms with van der Waals surface area (Å²) in [4.78, 5) is 41.3. The Kier molecular flexibility index (Phi) is 6.66. The predicted octanol–water partition coefficient (Wildman–Crippen LogP) is 1.34. The Morgan fingerprint density at radius 1 is 1.03 bits per heavy atom. The Labute approximate surface area is 176 Å². The van der Waals surface area contributed by atoms with Crippen LogP contribution in [0.1, 0.15) is 35.6 Å². The lowest BCUT2D eigenvalue weighted by atomic mass is 10.1. The molecule has 0 bridgehead atoms. The highest BCUT2D eigenvalue weighted by atomic mass is 16.2. The summed E-state index contributed by atoms with van der Waals surface area (Å²) in [7, 11) is 0. The van der Waals surface area contributed by atoms with Gasteiger partial charge in [0.25, 0.3) is 11.7 Å². The molecule has 0 spiro atoms. The quantitative estimate of drug-likeness (QED) is 0.573. The van der Waals surface area contributed by atoms with Crippen LogP contribution in [0.3, 0.4) is 0 Å². The molecule has 2 amide bonds. The first-order valence-corrected chi connectivity index (χ1v) is 10.2. The highest BCUT2D eigenvalue weighted by molar-refractivity contribution is 6.43. The monoisotopic (exact) mass is 411 g/mol. The summed E-state index contributed by atoms with van der Waals surface area (Å²) in [6.45, 7) is 9.66. The number of aryl methyl sites for hydroxylation is 1. The molecule has 8 nitrogen and oxygen atoms in total. The van der Waals surface area contributed by atoms with Crippen LogP contribution >= 0.6 is 0 Å². The number of hydrogen-bond donors (Lipinski definition) is 1. The Morgan fingerprint density at radius 2 is 1.67 bits per heavy atom. The first-order chi connectivity index (χ1) is 14.3. The number of Topliss-reactive ketones (excluding diaryl/α,β-unsaturated/α-hetero) is 1. The summed E-state index contributed by atoms with van der Waals surface area (Å²) >= 11 is 0. The maximum Gasteiger partial charge on any atom is 0.295 e. The Bertz CT molecular complexity index is 928. The number of para-hydroxylation sites is 1. The zero-order chi connectivity index (χ0) is 21.8. The van der Waals surface area contributed by atoms with E-state index in [2.05, 4.69) is 10.4 Å². The van der Waals surface area contributed by atoms with Crippen molar-refractivity contribution >= 4 is 17.6 Å². The molecule has 1 aliphatic heterocycles. The van der Waals surface area contributed by atoms with Gasteiger partial charge in [0.1, 0.15) is 0 Å². The molecule has 1 aromatic heterocycles. The first-order valence-electron chi connectivity index (χ1n) is 10.2. The minimum absolute atomic E-state index is 0.0274. The molecule has 1 N–H and O–H groups in total. The zero-order valence-electron chi connectivity index (χ0n) is 18.0. The van der Waals surface area contributed by atoms with E-state index in [-0.39, 0.29) is 11.9 Å². The Hall–Kier alpha value is -3.00. The van der Waals surface area contributed by atoms with E-state index in [1.165, 1.54) is 0 Å². The lowest BCUT2D eigenvalue weighted by molar-refractivity contribution is -0.128. The molecule has 1 fully saturated rings. The van der Waals surface area contributed by atoms with Crippen molar-refractivity contribution in [1.82, 2.24) is 24.9 Å². The van der Waals surface area contributed by atoms with Gasteiger partial charge in [0.05, 0.1) is 29.2 Å². The number of piperazine rings is 1. The third kappa shape index (κ3) is 4.76. The van der Waals surface area contributed by atoms with Crippen molar-refractivity contribution < 1.29 is 14.4 Å². The topological polar surface area (TPSA) is 87.5 Å². The number of hydrogen-bond acceptors (Lipinski definition) is 5. The smallest absolute Gasteiger partial charge is 0.295 e. The average molecular weight is 412 g/mol. The average Bonchev–Trinajstić information content (AvgIpc) is 3.01. The van der Waals surface area contributed by atoms with E-state index in [1.807, 2.05) is 49.1 Å². The lowest BCUT2D eigenvalue weighted by Gasteiger charge is -2.34. The first kappa shape index (κ1) is 21.7. The van der Waals surface area contributed by atoms with E-state index >= 15 is 0 Å². The van der Waals surface area contributed by atoms with Crippen LogP contribution in [0.25, 0.3) is 5.69 Å². The number of amides is 2. The summed E-state index contributed by atoms with van der Waals surface area (Å²) in [6, 6.07) is 9.63. The Balaban J connectivity index is 1.65. The van der Waals surface area contributed by atoms with Crippen LogP contribution in [0.4, 0.5) is 0 Å². The van der Waals surface area contributed by atoms with E-state index in [4.69, 9.17) is 0 Å². The second kappa shape index (κ2) is 9.21. The van der Waals surface area contributed by atoms with Gasteiger partial charge in [-0.05, 0) is 39.8 Å². The van der Waals surface area contributed by atoms with E-state index in [9.17, 15) is 14.4 Å². The largest absolute Gasteiger partial charge is 0.353 e. The van der Waals surface area contributed by atoms with Gasteiger partial charge in [-0.2, -0.15) is 5.10 Å². The third-order valence-corrected chi connectivity index (χ3v) is 5.19. The molecule has 30 heavy (non-hydrogen) atoms. The zero-order valence-corrected chi connectivity index (χ0v) is 18.0. The van der Waals surface area contributed by atoms with E-state index in [0.29, 0.717) is 49.7 Å². The summed E-state index contributed by atoms with van der Waals surface area (Å²) in [5, 5.41) is 7.34. The summed E-state index contributed by atoms with van der Waals surface area (Å²) < 4.78 is 1.70. The molecule has 2 heterocycles. The van der Waals surface area contributed by atoms with Gasteiger partial charge in [-0.3, -0.25) is 19.3 Å². The number of benzene rings is 1. The fourth-order valence-electron chi connectivity index (χ4n) is 3.72. The van der Waals surface area contributed by atoms with Crippen molar-refractivity contribution in [1.29, 1.82) is 0 Å². The van der Waals surface area contributed by atoms with E-state index < -0.39 is 11.7 Å². The molecule has 160 valence electrons. The summed E-state index contributed by atoms with van der Waals surface area (Å²) in [5.41, 5.74) is 2.40.